The third-order valence-corrected chi connectivity index (χ3v) is 1.65. The van der Waals surface area contributed by atoms with E-state index in [1.807, 2.05) is 0 Å². The van der Waals surface area contributed by atoms with E-state index in [0.717, 1.165) is 0 Å². The standard InChI is InChI=1S/C8H7NO3S/c10-7(9-13-8(11)12)6-4-2-1-3-5-6/h1-5,11-12H. The minimum Gasteiger partial charge on any atom is -0.332 e. The molecule has 0 bridgehead atoms. The van der Waals surface area contributed by atoms with Crippen LogP contribution in [0.4, 0.5) is 0 Å². The second-order valence-corrected chi connectivity index (χ2v) is 2.87. The lowest BCUT2D eigenvalue weighted by atomic mass is 10.2. The third kappa shape index (κ3) is 3.29. The number of hydrogen-bond acceptors (Lipinski definition) is 1. The van der Waals surface area contributed by atoms with Crippen LogP contribution in [-0.4, -0.2) is 21.4 Å². The third-order valence-electron chi connectivity index (χ3n) is 1.23. The molecule has 0 atom stereocenters. The summed E-state index contributed by atoms with van der Waals surface area (Å²) in [6.45, 7) is 0. The lowest BCUT2D eigenvalue weighted by molar-refractivity contribution is 0.101. The molecule has 0 heterocycles. The molecule has 0 saturated heterocycles. The van der Waals surface area contributed by atoms with Gasteiger partial charge in [0.1, 0.15) is 0 Å². The van der Waals surface area contributed by atoms with Gasteiger partial charge in [-0.15, -0.1) is 4.36 Å². The van der Waals surface area contributed by atoms with Crippen LogP contribution in [0.25, 0.3) is 0 Å². The van der Waals surface area contributed by atoms with Gasteiger partial charge in [-0.2, -0.15) is 0 Å². The van der Waals surface area contributed by atoms with Gasteiger partial charge < -0.3 is 10.2 Å². The summed E-state index contributed by atoms with van der Waals surface area (Å²) in [7, 11) is 0. The van der Waals surface area contributed by atoms with E-state index in [2.05, 4.69) is 4.36 Å². The molecule has 0 aliphatic carbocycles. The van der Waals surface area contributed by atoms with Crippen LogP contribution in [0, 0.1) is 0 Å². The average molecular weight is 197 g/mol. The summed E-state index contributed by atoms with van der Waals surface area (Å²) >= 11 is 0.337. The molecule has 2 N–H and O–H groups in total. The molecule has 1 aromatic carbocycles. The first-order chi connectivity index (χ1) is 6.20. The Kier molecular flexibility index (Phi) is 3.51. The molecule has 1 amide bonds. The lowest BCUT2D eigenvalue weighted by Crippen LogP contribution is -1.95. The van der Waals surface area contributed by atoms with Gasteiger partial charge in [-0.1, -0.05) is 18.2 Å². The van der Waals surface area contributed by atoms with Crippen molar-refractivity contribution in [1.82, 2.24) is 0 Å². The van der Waals surface area contributed by atoms with E-state index in [-0.39, 0.29) is 0 Å². The van der Waals surface area contributed by atoms with Gasteiger partial charge in [-0.05, 0) is 12.1 Å². The van der Waals surface area contributed by atoms with Crippen molar-refractivity contribution in [1.29, 1.82) is 0 Å². The van der Waals surface area contributed by atoms with Gasteiger partial charge in [0.05, 0.1) is 0 Å². The van der Waals surface area contributed by atoms with Crippen LogP contribution in [0.15, 0.2) is 34.7 Å². The highest BCUT2D eigenvalue weighted by atomic mass is 32.1. The van der Waals surface area contributed by atoms with E-state index in [0.29, 0.717) is 16.7 Å². The maximum atomic E-state index is 11.1. The van der Waals surface area contributed by atoms with E-state index in [1.54, 1.807) is 30.3 Å². The molecule has 0 saturated carbocycles. The Hall–Kier alpha value is -1.30. The number of aliphatic hydroxyl groups excluding tert-OH is 1. The van der Waals surface area contributed by atoms with Crippen LogP contribution in [0.1, 0.15) is 10.4 Å². The van der Waals surface area contributed by atoms with Crippen molar-refractivity contribution < 1.29 is 15.0 Å². The fraction of sp³-hybridized carbons (Fsp3) is 0. The van der Waals surface area contributed by atoms with E-state index < -0.39 is 11.1 Å². The zero-order valence-electron chi connectivity index (χ0n) is 6.54. The quantitative estimate of drug-likeness (QED) is 0.666. The maximum Gasteiger partial charge on any atom is 0.287 e. The van der Waals surface area contributed by atoms with Gasteiger partial charge in [-0.3, -0.25) is 4.79 Å². The smallest absolute Gasteiger partial charge is 0.287 e. The number of carbonyl (C=O) groups excluding carboxylic acids is 1. The average Bonchev–Trinajstić information content (AvgIpc) is 2.15. The predicted octanol–water partition coefficient (Wildman–Crippen LogP) is 1.30. The number of hydrogen-bond donors (Lipinski definition) is 2. The Morgan fingerprint density at radius 3 is 2.38 bits per heavy atom. The number of aliphatic hydroxyl groups is 2. The lowest BCUT2D eigenvalue weighted by Gasteiger charge is -1.90. The minimum absolute atomic E-state index is 0.337. The van der Waals surface area contributed by atoms with Crippen LogP contribution in [0.2, 0.25) is 0 Å². The summed E-state index contributed by atoms with van der Waals surface area (Å²) in [6.07, 6.45) is 0. The largest absolute Gasteiger partial charge is 0.332 e. The Labute approximate surface area is 78.2 Å². The molecule has 0 radical (unpaired) electrons. The summed E-state index contributed by atoms with van der Waals surface area (Å²) in [4.78, 5) is 11.1. The SMILES string of the molecule is O=C(N=S=C(O)O)c1ccccc1. The van der Waals surface area contributed by atoms with Crippen molar-refractivity contribution >= 4 is 22.3 Å². The fourth-order valence-corrected chi connectivity index (χ4v) is 0.986. The number of rotatable bonds is 1. The van der Waals surface area contributed by atoms with Crippen molar-refractivity contribution in [2.45, 2.75) is 0 Å². The first kappa shape index (κ1) is 9.79. The summed E-state index contributed by atoms with van der Waals surface area (Å²) in [5.41, 5.74) is 0.413. The molecule has 0 fully saturated rings. The summed E-state index contributed by atoms with van der Waals surface area (Å²) in [5, 5.41) is 15.7. The summed E-state index contributed by atoms with van der Waals surface area (Å²) < 4.78 is 3.33. The highest BCUT2D eigenvalue weighted by molar-refractivity contribution is 7.68. The zero-order valence-corrected chi connectivity index (χ0v) is 7.36. The summed E-state index contributed by atoms with van der Waals surface area (Å²) in [6, 6.07) is 8.38. The van der Waals surface area contributed by atoms with E-state index in [4.69, 9.17) is 10.2 Å². The molecule has 1 rings (SSSR count). The first-order valence-electron chi connectivity index (χ1n) is 3.42. The normalized spacial score (nSPS) is 9.08. The number of benzene rings is 1. The molecule has 1 aromatic rings. The molecule has 4 nitrogen and oxygen atoms in total. The Bertz CT molecular complexity index is 364. The monoisotopic (exact) mass is 197 g/mol. The summed E-state index contributed by atoms with van der Waals surface area (Å²) in [5.74, 6) is -0.494. The van der Waals surface area contributed by atoms with E-state index in [1.165, 1.54) is 0 Å². The molecule has 0 aliphatic heterocycles. The Morgan fingerprint density at radius 2 is 1.85 bits per heavy atom. The molecule has 68 valence electrons. The van der Waals surface area contributed by atoms with E-state index >= 15 is 0 Å². The van der Waals surface area contributed by atoms with Crippen molar-refractivity contribution in [3.05, 3.63) is 35.9 Å². The number of carbonyl (C=O) groups is 1. The van der Waals surface area contributed by atoms with Gasteiger partial charge in [0.25, 0.3) is 11.1 Å². The second-order valence-electron chi connectivity index (χ2n) is 2.14. The molecule has 5 heteroatoms. The fourth-order valence-electron chi connectivity index (χ4n) is 0.716. The van der Waals surface area contributed by atoms with Gasteiger partial charge >= 0.3 is 0 Å². The topological polar surface area (TPSA) is 69.9 Å². The molecule has 13 heavy (non-hydrogen) atoms. The number of nitrogens with zero attached hydrogens (tertiary/aromatic N) is 1. The van der Waals surface area contributed by atoms with Gasteiger partial charge in [0.15, 0.2) is 0 Å². The molecular formula is C8H7NO3S. The first-order valence-corrected chi connectivity index (χ1v) is 4.20. The Morgan fingerprint density at radius 1 is 1.23 bits per heavy atom. The Balaban J connectivity index is 2.88. The highest BCUT2D eigenvalue weighted by Gasteiger charge is 1.99. The second kappa shape index (κ2) is 4.66. The van der Waals surface area contributed by atoms with Crippen LogP contribution in [0.5, 0.6) is 0 Å². The van der Waals surface area contributed by atoms with Crippen LogP contribution >= 0.6 is 0 Å². The van der Waals surface area contributed by atoms with Crippen LogP contribution in [-0.2, 0) is 11.1 Å². The predicted molar refractivity (Wildman–Crippen MR) is 50.8 cm³/mol. The van der Waals surface area contributed by atoms with Gasteiger partial charge in [-0.25, -0.2) is 0 Å². The van der Waals surface area contributed by atoms with Crippen LogP contribution < -0.4 is 0 Å². The molecule has 0 spiro atoms. The molecule has 0 aromatic heterocycles. The van der Waals surface area contributed by atoms with E-state index in [9.17, 15) is 4.79 Å². The maximum absolute atomic E-state index is 11.1. The van der Waals surface area contributed by atoms with Crippen molar-refractivity contribution in [2.75, 3.05) is 0 Å². The minimum atomic E-state index is -0.940. The molecular weight excluding hydrogens is 190 g/mol. The molecule has 0 aliphatic rings. The van der Waals surface area contributed by atoms with Gasteiger partial charge in [0, 0.05) is 16.7 Å². The van der Waals surface area contributed by atoms with Crippen molar-refractivity contribution in [3.63, 3.8) is 0 Å². The van der Waals surface area contributed by atoms with Gasteiger partial charge in [0.2, 0.25) is 0 Å². The van der Waals surface area contributed by atoms with Crippen molar-refractivity contribution in [3.8, 4) is 0 Å². The van der Waals surface area contributed by atoms with Crippen LogP contribution in [0.3, 0.4) is 0 Å². The highest BCUT2D eigenvalue weighted by Crippen LogP contribution is 1.99. The molecule has 0 unspecified atom stereocenters. The number of amides is 1. The van der Waals surface area contributed by atoms with Crippen molar-refractivity contribution in [2.24, 2.45) is 4.36 Å². The zero-order chi connectivity index (χ0) is 9.68.